The largest absolute Gasteiger partial charge is 0.744 e. The van der Waals surface area contributed by atoms with Gasteiger partial charge >= 0.3 is 0 Å². The molecule has 0 aromatic heterocycles. The van der Waals surface area contributed by atoms with Crippen LogP contribution in [-0.2, 0) is 20.2 Å². The number of benzene rings is 3. The number of carbonyl (C=O) groups excluding carboxylic acids is 1. The van der Waals surface area contributed by atoms with E-state index in [9.17, 15) is 30.7 Å². The van der Waals surface area contributed by atoms with Crippen molar-refractivity contribution in [1.82, 2.24) is 0 Å². The van der Waals surface area contributed by atoms with Crippen LogP contribution in [0, 0.1) is 0 Å². The van der Waals surface area contributed by atoms with Gasteiger partial charge in [0, 0.05) is 10.9 Å². The lowest BCUT2D eigenvalue weighted by atomic mass is 10.1. The minimum Gasteiger partial charge on any atom is -0.744 e. The van der Waals surface area contributed by atoms with Gasteiger partial charge in [-0.05, 0) is 41.8 Å². The van der Waals surface area contributed by atoms with Crippen LogP contribution in [0.5, 0.6) is 0 Å². The van der Waals surface area contributed by atoms with Gasteiger partial charge in [-0.1, -0.05) is 24.3 Å². The SMILES string of the molecule is O=C(Nc1cc(S(=O)(=O)[O-])cc2cc(S(=O)(=O)[O-])ccc12)c1ccccc1. The van der Waals surface area contributed by atoms with Gasteiger partial charge in [-0.15, -0.1) is 0 Å². The van der Waals surface area contributed by atoms with Crippen molar-refractivity contribution in [1.29, 1.82) is 0 Å². The summed E-state index contributed by atoms with van der Waals surface area (Å²) in [6.45, 7) is 0. The number of carbonyl (C=O) groups is 1. The van der Waals surface area contributed by atoms with Crippen LogP contribution in [0.4, 0.5) is 5.69 Å². The van der Waals surface area contributed by atoms with E-state index in [1.165, 1.54) is 18.2 Å². The van der Waals surface area contributed by atoms with E-state index in [-0.39, 0.29) is 16.5 Å². The zero-order valence-electron chi connectivity index (χ0n) is 13.4. The third-order valence-corrected chi connectivity index (χ3v) is 5.40. The topological polar surface area (TPSA) is 144 Å². The van der Waals surface area contributed by atoms with Crippen molar-refractivity contribution in [3.8, 4) is 0 Å². The summed E-state index contributed by atoms with van der Waals surface area (Å²) >= 11 is 0. The lowest BCUT2D eigenvalue weighted by Gasteiger charge is -2.15. The first-order chi connectivity index (χ1) is 12.6. The highest BCUT2D eigenvalue weighted by molar-refractivity contribution is 7.86. The van der Waals surface area contributed by atoms with Crippen LogP contribution < -0.4 is 5.32 Å². The molecule has 0 saturated carbocycles. The summed E-state index contributed by atoms with van der Waals surface area (Å²) in [6.07, 6.45) is 0. The number of hydrogen-bond acceptors (Lipinski definition) is 7. The van der Waals surface area contributed by atoms with Gasteiger partial charge in [-0.25, -0.2) is 16.8 Å². The molecule has 0 spiro atoms. The predicted octanol–water partition coefficient (Wildman–Crippen LogP) is 1.90. The second kappa shape index (κ2) is 6.74. The van der Waals surface area contributed by atoms with E-state index in [2.05, 4.69) is 5.32 Å². The number of rotatable bonds is 4. The van der Waals surface area contributed by atoms with Crippen molar-refractivity contribution in [3.05, 3.63) is 66.2 Å². The first kappa shape index (κ1) is 19.0. The maximum atomic E-state index is 12.4. The Kier molecular flexibility index (Phi) is 4.74. The molecule has 1 amide bonds. The Morgan fingerprint density at radius 1 is 0.778 bits per heavy atom. The molecular formula is C17H11NO7S2-2. The third-order valence-electron chi connectivity index (χ3n) is 3.76. The molecule has 0 heterocycles. The van der Waals surface area contributed by atoms with Gasteiger partial charge in [0.1, 0.15) is 20.2 Å². The molecule has 3 rings (SSSR count). The normalized spacial score (nSPS) is 12.1. The molecule has 0 bridgehead atoms. The van der Waals surface area contributed by atoms with Crippen molar-refractivity contribution in [3.63, 3.8) is 0 Å². The summed E-state index contributed by atoms with van der Waals surface area (Å²) in [5, 5.41) is 2.77. The van der Waals surface area contributed by atoms with Crippen molar-refractivity contribution in [2.24, 2.45) is 0 Å². The number of anilines is 1. The van der Waals surface area contributed by atoms with Crippen LogP contribution in [0.3, 0.4) is 0 Å². The molecule has 8 nitrogen and oxygen atoms in total. The standard InChI is InChI=1S/C17H13NO7S2/c19-17(11-4-2-1-3-5-11)18-16-10-14(27(23,24)25)9-12-8-13(26(20,21)22)6-7-15(12)16/h1-10H,(H,18,19)(H,20,21,22)(H,23,24,25)/p-2. The minimum absolute atomic E-state index is 0.00668. The number of hydrogen-bond donors (Lipinski definition) is 1. The number of nitrogens with one attached hydrogen (secondary N) is 1. The maximum Gasteiger partial charge on any atom is 0.255 e. The fourth-order valence-corrected chi connectivity index (χ4v) is 3.55. The molecule has 10 heteroatoms. The highest BCUT2D eigenvalue weighted by Crippen LogP contribution is 2.30. The molecule has 0 aliphatic rings. The summed E-state index contributed by atoms with van der Waals surface area (Å²) in [5.41, 5.74) is 0.283. The summed E-state index contributed by atoms with van der Waals surface area (Å²) < 4.78 is 67.9. The summed E-state index contributed by atoms with van der Waals surface area (Å²) in [5.74, 6) is -0.558. The molecule has 0 fully saturated rings. The second-order valence-electron chi connectivity index (χ2n) is 5.58. The first-order valence-corrected chi connectivity index (χ1v) is 10.2. The highest BCUT2D eigenvalue weighted by atomic mass is 32.2. The Balaban J connectivity index is 2.19. The van der Waals surface area contributed by atoms with E-state index in [0.717, 1.165) is 24.3 Å². The molecule has 1 N–H and O–H groups in total. The fourth-order valence-electron chi connectivity index (χ4n) is 2.51. The number of amides is 1. The Morgan fingerprint density at radius 2 is 1.37 bits per heavy atom. The third kappa shape index (κ3) is 4.14. The predicted molar refractivity (Wildman–Crippen MR) is 94.3 cm³/mol. The quantitative estimate of drug-likeness (QED) is 0.653. The van der Waals surface area contributed by atoms with E-state index >= 15 is 0 Å². The molecule has 0 aliphatic heterocycles. The Labute approximate surface area is 155 Å². The summed E-state index contributed by atoms with van der Waals surface area (Å²) in [6, 6.07) is 13.2. The molecule has 3 aromatic carbocycles. The van der Waals surface area contributed by atoms with Gasteiger partial charge in [-0.2, -0.15) is 0 Å². The van der Waals surface area contributed by atoms with E-state index < -0.39 is 35.9 Å². The van der Waals surface area contributed by atoms with Crippen molar-refractivity contribution < 1.29 is 30.7 Å². The van der Waals surface area contributed by atoms with Gasteiger partial charge in [0.2, 0.25) is 0 Å². The minimum atomic E-state index is -4.89. The van der Waals surface area contributed by atoms with Gasteiger partial charge in [0.25, 0.3) is 5.91 Å². The van der Waals surface area contributed by atoms with Crippen LogP contribution in [0.15, 0.2) is 70.5 Å². The Bertz CT molecular complexity index is 1250. The molecule has 0 unspecified atom stereocenters. The lowest BCUT2D eigenvalue weighted by molar-refractivity contribution is 0.102. The second-order valence-corrected chi connectivity index (χ2v) is 8.34. The van der Waals surface area contributed by atoms with Crippen LogP contribution in [0.1, 0.15) is 10.4 Å². The first-order valence-electron chi connectivity index (χ1n) is 7.42. The molecular weight excluding hydrogens is 394 g/mol. The van der Waals surface area contributed by atoms with Crippen molar-refractivity contribution in [2.75, 3.05) is 5.32 Å². The summed E-state index contributed by atoms with van der Waals surface area (Å²) in [7, 11) is -9.68. The smallest absolute Gasteiger partial charge is 0.255 e. The van der Waals surface area contributed by atoms with E-state index in [1.54, 1.807) is 18.2 Å². The zero-order chi connectivity index (χ0) is 19.8. The molecule has 3 aromatic rings. The lowest BCUT2D eigenvalue weighted by Crippen LogP contribution is -2.13. The van der Waals surface area contributed by atoms with Crippen molar-refractivity contribution in [2.45, 2.75) is 9.79 Å². The van der Waals surface area contributed by atoms with Gasteiger partial charge in [0.05, 0.1) is 15.5 Å². The average molecular weight is 405 g/mol. The Hall–Kier alpha value is -2.79. The fraction of sp³-hybridized carbons (Fsp3) is 0. The van der Waals surface area contributed by atoms with Gasteiger partial charge < -0.3 is 14.4 Å². The summed E-state index contributed by atoms with van der Waals surface area (Å²) in [4.78, 5) is 11.1. The molecule has 0 saturated heterocycles. The molecule has 140 valence electrons. The average Bonchev–Trinajstić information content (AvgIpc) is 2.60. The van der Waals surface area contributed by atoms with Gasteiger partial charge in [0.15, 0.2) is 0 Å². The molecule has 27 heavy (non-hydrogen) atoms. The maximum absolute atomic E-state index is 12.4. The van der Waals surface area contributed by atoms with E-state index in [4.69, 9.17) is 0 Å². The van der Waals surface area contributed by atoms with Crippen LogP contribution in [0.25, 0.3) is 10.8 Å². The van der Waals surface area contributed by atoms with Crippen LogP contribution in [0.2, 0.25) is 0 Å². The van der Waals surface area contributed by atoms with Crippen LogP contribution in [-0.4, -0.2) is 31.8 Å². The Morgan fingerprint density at radius 3 is 1.96 bits per heavy atom. The van der Waals surface area contributed by atoms with E-state index in [0.29, 0.717) is 5.56 Å². The van der Waals surface area contributed by atoms with Gasteiger partial charge in [-0.3, -0.25) is 4.79 Å². The zero-order valence-corrected chi connectivity index (χ0v) is 15.1. The number of fused-ring (bicyclic) bond motifs is 1. The molecule has 0 radical (unpaired) electrons. The van der Waals surface area contributed by atoms with Crippen LogP contribution >= 0.6 is 0 Å². The molecule has 0 atom stereocenters. The molecule has 0 aliphatic carbocycles. The van der Waals surface area contributed by atoms with Crippen molar-refractivity contribution >= 4 is 42.6 Å². The highest BCUT2D eigenvalue weighted by Gasteiger charge is 2.14. The monoisotopic (exact) mass is 405 g/mol. The van der Waals surface area contributed by atoms with E-state index in [1.807, 2.05) is 0 Å².